The van der Waals surface area contributed by atoms with Gasteiger partial charge >= 0.3 is 5.97 Å². The number of benzene rings is 1. The van der Waals surface area contributed by atoms with Gasteiger partial charge in [-0.25, -0.2) is 0 Å². The van der Waals surface area contributed by atoms with Gasteiger partial charge in [-0.3, -0.25) is 4.79 Å². The van der Waals surface area contributed by atoms with Crippen LogP contribution in [0.1, 0.15) is 18.1 Å². The lowest BCUT2D eigenvalue weighted by molar-refractivity contribution is -0.139. The van der Waals surface area contributed by atoms with Crippen molar-refractivity contribution in [2.45, 2.75) is 31.2 Å². The van der Waals surface area contributed by atoms with Gasteiger partial charge in [-0.05, 0) is 42.3 Å². The molecule has 0 N–H and O–H groups in total. The fourth-order valence-corrected chi connectivity index (χ4v) is 2.72. The van der Waals surface area contributed by atoms with Crippen molar-refractivity contribution in [2.75, 3.05) is 7.11 Å². The minimum absolute atomic E-state index is 0.300. The number of esters is 1. The van der Waals surface area contributed by atoms with Crippen LogP contribution < -0.4 is 0 Å². The minimum Gasteiger partial charge on any atom is -0.468 e. The molecule has 2 aromatic rings. The van der Waals surface area contributed by atoms with Crippen LogP contribution in [0.3, 0.4) is 0 Å². The lowest BCUT2D eigenvalue weighted by Gasteiger charge is -2.12. The Labute approximate surface area is 121 Å². The van der Waals surface area contributed by atoms with Crippen LogP contribution in [0.5, 0.6) is 0 Å². The first-order valence-corrected chi connectivity index (χ1v) is 7.02. The highest BCUT2D eigenvalue weighted by atomic mass is 32.2. The van der Waals surface area contributed by atoms with E-state index in [-0.39, 0.29) is 11.2 Å². The summed E-state index contributed by atoms with van der Waals surface area (Å²) in [5.41, 5.74) is 3.09. The molecule has 1 heterocycles. The van der Waals surface area contributed by atoms with E-state index in [1.165, 1.54) is 18.9 Å². The van der Waals surface area contributed by atoms with Gasteiger partial charge in [0.25, 0.3) is 0 Å². The van der Waals surface area contributed by atoms with E-state index in [0.717, 1.165) is 16.8 Å². The van der Waals surface area contributed by atoms with Gasteiger partial charge in [0.1, 0.15) is 5.25 Å². The van der Waals surface area contributed by atoms with Crippen molar-refractivity contribution in [3.8, 4) is 5.69 Å². The van der Waals surface area contributed by atoms with Crippen LogP contribution in [-0.4, -0.2) is 38.5 Å². The summed E-state index contributed by atoms with van der Waals surface area (Å²) >= 11 is 1.27. The van der Waals surface area contributed by atoms with E-state index in [1.807, 2.05) is 32.0 Å². The van der Waals surface area contributed by atoms with E-state index in [9.17, 15) is 4.79 Å². The molecule has 0 fully saturated rings. The molecular weight excluding hydrogens is 276 g/mol. The molecule has 2 rings (SSSR count). The predicted octanol–water partition coefficient (Wildman–Crippen LogP) is 1.93. The van der Waals surface area contributed by atoms with Gasteiger partial charge in [0.15, 0.2) is 0 Å². The van der Waals surface area contributed by atoms with E-state index in [1.54, 1.807) is 11.6 Å². The second kappa shape index (κ2) is 6.04. The summed E-state index contributed by atoms with van der Waals surface area (Å²) in [5.74, 6) is -0.300. The third-order valence-corrected chi connectivity index (χ3v) is 3.92. The molecule has 0 saturated heterocycles. The van der Waals surface area contributed by atoms with Gasteiger partial charge in [0, 0.05) is 0 Å². The molecule has 0 aliphatic rings. The zero-order valence-corrected chi connectivity index (χ0v) is 12.6. The van der Waals surface area contributed by atoms with Gasteiger partial charge in [-0.2, -0.15) is 4.68 Å². The Bertz CT molecular complexity index is 606. The lowest BCUT2D eigenvalue weighted by atomic mass is 10.1. The number of thioether (sulfide) groups is 1. The molecule has 7 heteroatoms. The van der Waals surface area contributed by atoms with Gasteiger partial charge < -0.3 is 4.74 Å². The van der Waals surface area contributed by atoms with Gasteiger partial charge in [0.05, 0.1) is 12.8 Å². The van der Waals surface area contributed by atoms with Crippen molar-refractivity contribution >= 4 is 17.7 Å². The maximum Gasteiger partial charge on any atom is 0.318 e. The number of para-hydroxylation sites is 1. The third-order valence-electron chi connectivity index (χ3n) is 2.91. The molecule has 0 aliphatic carbocycles. The molecule has 0 amide bonds. The second-order valence-corrected chi connectivity index (χ2v) is 5.70. The number of ether oxygens (including phenoxy) is 1. The molecule has 1 aromatic carbocycles. The normalized spacial score (nSPS) is 12.2. The Kier molecular flexibility index (Phi) is 4.39. The van der Waals surface area contributed by atoms with Crippen molar-refractivity contribution in [2.24, 2.45) is 0 Å². The van der Waals surface area contributed by atoms with Crippen LogP contribution in [0, 0.1) is 13.8 Å². The highest BCUT2D eigenvalue weighted by molar-refractivity contribution is 8.00. The van der Waals surface area contributed by atoms with Crippen molar-refractivity contribution < 1.29 is 9.53 Å². The molecule has 0 bridgehead atoms. The van der Waals surface area contributed by atoms with Crippen LogP contribution >= 0.6 is 11.8 Å². The highest BCUT2D eigenvalue weighted by Gasteiger charge is 2.20. The second-order valence-electron chi connectivity index (χ2n) is 4.40. The molecule has 1 atom stereocenters. The summed E-state index contributed by atoms with van der Waals surface area (Å²) in [6.07, 6.45) is 0. The summed E-state index contributed by atoms with van der Waals surface area (Å²) in [6, 6.07) is 5.99. The number of carbonyl (C=O) groups excluding carboxylic acids is 1. The fourth-order valence-electron chi connectivity index (χ4n) is 1.90. The number of tetrazole rings is 1. The summed E-state index contributed by atoms with van der Waals surface area (Å²) in [6.45, 7) is 5.77. The number of rotatable bonds is 4. The summed E-state index contributed by atoms with van der Waals surface area (Å²) in [7, 11) is 1.37. The maximum absolute atomic E-state index is 11.5. The number of hydrogen-bond acceptors (Lipinski definition) is 6. The van der Waals surface area contributed by atoms with E-state index >= 15 is 0 Å². The number of aryl methyl sites for hydroxylation is 2. The van der Waals surface area contributed by atoms with E-state index < -0.39 is 0 Å². The molecule has 0 radical (unpaired) electrons. The van der Waals surface area contributed by atoms with E-state index in [0.29, 0.717) is 5.16 Å². The summed E-state index contributed by atoms with van der Waals surface area (Å²) in [4.78, 5) is 11.5. The zero-order valence-electron chi connectivity index (χ0n) is 11.8. The Balaban J connectivity index is 2.36. The number of hydrogen-bond donors (Lipinski definition) is 0. The molecule has 20 heavy (non-hydrogen) atoms. The van der Waals surface area contributed by atoms with Gasteiger partial charge in [-0.15, -0.1) is 5.10 Å². The first kappa shape index (κ1) is 14.5. The average Bonchev–Trinajstić information content (AvgIpc) is 2.85. The Morgan fingerprint density at radius 1 is 1.35 bits per heavy atom. The molecule has 106 valence electrons. The fraction of sp³-hybridized carbons (Fsp3) is 0.385. The van der Waals surface area contributed by atoms with Gasteiger partial charge in [0.2, 0.25) is 5.16 Å². The maximum atomic E-state index is 11.5. The Hall–Kier alpha value is -1.89. The Morgan fingerprint density at radius 2 is 2.00 bits per heavy atom. The SMILES string of the molecule is COC(=O)[C@H](C)Sc1nnnn1-c1c(C)cccc1C. The largest absolute Gasteiger partial charge is 0.468 e. The first-order valence-electron chi connectivity index (χ1n) is 6.14. The van der Waals surface area contributed by atoms with Crippen LogP contribution in [0.25, 0.3) is 5.69 Å². The number of carbonyl (C=O) groups is 1. The topological polar surface area (TPSA) is 69.9 Å². The van der Waals surface area contributed by atoms with Crippen molar-refractivity contribution in [3.05, 3.63) is 29.3 Å². The monoisotopic (exact) mass is 292 g/mol. The Morgan fingerprint density at radius 3 is 2.60 bits per heavy atom. The lowest BCUT2D eigenvalue weighted by Crippen LogP contribution is -2.16. The van der Waals surface area contributed by atoms with Gasteiger partial charge in [-0.1, -0.05) is 30.0 Å². The molecule has 0 spiro atoms. The molecule has 0 saturated carbocycles. The smallest absolute Gasteiger partial charge is 0.318 e. The zero-order chi connectivity index (χ0) is 14.7. The first-order chi connectivity index (χ1) is 9.54. The third kappa shape index (κ3) is 2.82. The summed E-state index contributed by atoms with van der Waals surface area (Å²) in [5, 5.41) is 11.9. The standard InChI is InChI=1S/C13H16N4O2S/c1-8-6-5-7-9(2)11(8)17-13(14-15-16-17)20-10(3)12(18)19-4/h5-7,10H,1-4H3/t10-/m0/s1. The van der Waals surface area contributed by atoms with E-state index in [4.69, 9.17) is 4.74 Å². The van der Waals surface area contributed by atoms with Crippen molar-refractivity contribution in [1.29, 1.82) is 0 Å². The molecular formula is C13H16N4O2S. The quantitative estimate of drug-likeness (QED) is 0.633. The van der Waals surface area contributed by atoms with Crippen LogP contribution in [-0.2, 0) is 9.53 Å². The van der Waals surface area contributed by atoms with Crippen molar-refractivity contribution in [3.63, 3.8) is 0 Å². The number of nitrogens with zero attached hydrogens (tertiary/aromatic N) is 4. The molecule has 6 nitrogen and oxygen atoms in total. The van der Waals surface area contributed by atoms with Crippen LogP contribution in [0.15, 0.2) is 23.4 Å². The highest BCUT2D eigenvalue weighted by Crippen LogP contribution is 2.26. The number of aromatic nitrogens is 4. The molecule has 0 aliphatic heterocycles. The molecule has 0 unspecified atom stereocenters. The number of methoxy groups -OCH3 is 1. The minimum atomic E-state index is -0.367. The summed E-state index contributed by atoms with van der Waals surface area (Å²) < 4.78 is 6.38. The molecule has 1 aromatic heterocycles. The van der Waals surface area contributed by atoms with Crippen molar-refractivity contribution in [1.82, 2.24) is 20.2 Å². The van der Waals surface area contributed by atoms with Crippen LogP contribution in [0.4, 0.5) is 0 Å². The average molecular weight is 292 g/mol. The van der Waals surface area contributed by atoms with E-state index in [2.05, 4.69) is 15.5 Å². The van der Waals surface area contributed by atoms with Crippen LogP contribution in [0.2, 0.25) is 0 Å². The predicted molar refractivity (Wildman–Crippen MR) is 76.0 cm³/mol.